The Hall–Kier alpha value is -0.760. The van der Waals surface area contributed by atoms with Gasteiger partial charge in [-0.2, -0.15) is 0 Å². The molecule has 0 bridgehead atoms. The van der Waals surface area contributed by atoms with Gasteiger partial charge in [0.05, 0.1) is 0 Å². The first-order valence-electron chi connectivity index (χ1n) is 5.80. The smallest absolute Gasteiger partial charge is 0.0363 e. The number of allylic oxidation sites excluding steroid dienone is 3. The van der Waals surface area contributed by atoms with Crippen LogP contribution in [0.4, 0.5) is 0 Å². The van der Waals surface area contributed by atoms with Gasteiger partial charge < -0.3 is 5.01 Å². The molecule has 0 amide bonds. The van der Waals surface area contributed by atoms with E-state index in [0.717, 1.165) is 12.5 Å². The molecule has 0 heterocycles. The molecule has 0 radical (unpaired) electrons. The van der Waals surface area contributed by atoms with Crippen LogP contribution in [0.3, 0.4) is 0 Å². The third-order valence-electron chi connectivity index (χ3n) is 2.68. The molecule has 86 valence electrons. The molecule has 0 aromatic heterocycles. The Balaban J connectivity index is 2.63. The lowest BCUT2D eigenvalue weighted by Gasteiger charge is -2.23. The second-order valence-electron chi connectivity index (χ2n) is 5.47. The van der Waals surface area contributed by atoms with Crippen LogP contribution in [0.15, 0.2) is 23.9 Å². The summed E-state index contributed by atoms with van der Waals surface area (Å²) in [6.07, 6.45) is 8.99. The van der Waals surface area contributed by atoms with Crippen molar-refractivity contribution in [1.82, 2.24) is 5.01 Å². The highest BCUT2D eigenvalue weighted by Crippen LogP contribution is 2.30. The maximum Gasteiger partial charge on any atom is 0.0363 e. The van der Waals surface area contributed by atoms with Crippen LogP contribution in [-0.4, -0.2) is 11.6 Å². The van der Waals surface area contributed by atoms with Gasteiger partial charge in [0.1, 0.15) is 0 Å². The number of nitrogens with zero attached hydrogens (tertiary/aromatic N) is 1. The van der Waals surface area contributed by atoms with Crippen molar-refractivity contribution in [3.8, 4) is 0 Å². The lowest BCUT2D eigenvalue weighted by atomic mass is 9.87. The largest absolute Gasteiger partial charge is 0.318 e. The third-order valence-corrected chi connectivity index (χ3v) is 2.68. The van der Waals surface area contributed by atoms with Gasteiger partial charge in [-0.1, -0.05) is 32.9 Å². The molecule has 1 fully saturated rings. The van der Waals surface area contributed by atoms with Crippen LogP contribution in [0, 0.1) is 11.3 Å². The Morgan fingerprint density at radius 3 is 2.40 bits per heavy atom. The second kappa shape index (κ2) is 4.84. The normalized spacial score (nSPS) is 18.6. The summed E-state index contributed by atoms with van der Waals surface area (Å²) in [7, 11) is 0. The summed E-state index contributed by atoms with van der Waals surface area (Å²) in [5.41, 5.74) is 1.45. The average Bonchev–Trinajstić information content (AvgIpc) is 2.85. The van der Waals surface area contributed by atoms with E-state index in [9.17, 15) is 0 Å². The molecule has 1 rings (SSSR count). The minimum absolute atomic E-state index is 0.160. The van der Waals surface area contributed by atoms with Crippen LogP contribution in [0.2, 0.25) is 0 Å². The van der Waals surface area contributed by atoms with Crippen LogP contribution in [0.25, 0.3) is 0 Å². The highest BCUT2D eigenvalue weighted by Gasteiger charge is 2.23. The van der Waals surface area contributed by atoms with Crippen molar-refractivity contribution in [3.63, 3.8) is 0 Å². The Kier molecular flexibility index (Phi) is 3.97. The van der Waals surface area contributed by atoms with Crippen molar-refractivity contribution in [2.75, 3.05) is 6.54 Å². The van der Waals surface area contributed by atoms with Crippen molar-refractivity contribution < 1.29 is 0 Å². The molecule has 0 aliphatic heterocycles. The van der Waals surface area contributed by atoms with E-state index in [1.807, 2.05) is 11.9 Å². The standard InChI is InChI=1S/C13H24N2/c1-5-6-12(13(2,3)4)10-15(14)9-11-7-8-11/h5-6,10-11H,7-9,14H2,1-4H3/b6-5-,12-10+. The summed E-state index contributed by atoms with van der Waals surface area (Å²) in [5.74, 6) is 6.80. The molecule has 15 heavy (non-hydrogen) atoms. The number of hydrogen-bond acceptors (Lipinski definition) is 2. The van der Waals surface area contributed by atoms with E-state index >= 15 is 0 Å². The first kappa shape index (κ1) is 12.3. The molecule has 1 aliphatic rings. The minimum Gasteiger partial charge on any atom is -0.318 e. The fourth-order valence-corrected chi connectivity index (χ4v) is 1.50. The van der Waals surface area contributed by atoms with Crippen molar-refractivity contribution in [2.24, 2.45) is 17.2 Å². The lowest BCUT2D eigenvalue weighted by molar-refractivity contribution is 0.363. The molecular weight excluding hydrogens is 184 g/mol. The van der Waals surface area contributed by atoms with Crippen LogP contribution in [-0.2, 0) is 0 Å². The van der Waals surface area contributed by atoms with Gasteiger partial charge in [-0.05, 0) is 36.7 Å². The quantitative estimate of drug-likeness (QED) is 0.437. The van der Waals surface area contributed by atoms with E-state index in [0.29, 0.717) is 0 Å². The molecule has 0 saturated heterocycles. The maximum atomic E-state index is 5.97. The first-order valence-corrected chi connectivity index (χ1v) is 5.80. The lowest BCUT2D eigenvalue weighted by Crippen LogP contribution is -2.29. The Morgan fingerprint density at radius 2 is 2.00 bits per heavy atom. The zero-order valence-corrected chi connectivity index (χ0v) is 10.5. The van der Waals surface area contributed by atoms with Crippen molar-refractivity contribution >= 4 is 0 Å². The molecule has 1 aliphatic carbocycles. The van der Waals surface area contributed by atoms with Crippen LogP contribution in [0.1, 0.15) is 40.5 Å². The Morgan fingerprint density at radius 1 is 1.40 bits per heavy atom. The van der Waals surface area contributed by atoms with Crippen molar-refractivity contribution in [2.45, 2.75) is 40.5 Å². The summed E-state index contributed by atoms with van der Waals surface area (Å²) in [4.78, 5) is 0. The topological polar surface area (TPSA) is 29.3 Å². The molecule has 0 atom stereocenters. The second-order valence-corrected chi connectivity index (χ2v) is 5.47. The monoisotopic (exact) mass is 208 g/mol. The Bertz CT molecular complexity index is 254. The average molecular weight is 208 g/mol. The van der Waals surface area contributed by atoms with Crippen LogP contribution >= 0.6 is 0 Å². The van der Waals surface area contributed by atoms with Gasteiger partial charge in [-0.3, -0.25) is 0 Å². The zero-order chi connectivity index (χ0) is 11.5. The van der Waals surface area contributed by atoms with E-state index in [2.05, 4.69) is 39.1 Å². The first-order chi connectivity index (χ1) is 6.93. The van der Waals surface area contributed by atoms with Gasteiger partial charge in [0.2, 0.25) is 0 Å². The van der Waals surface area contributed by atoms with E-state index in [1.54, 1.807) is 0 Å². The van der Waals surface area contributed by atoms with Crippen LogP contribution < -0.4 is 5.84 Å². The van der Waals surface area contributed by atoms with Gasteiger partial charge in [0.15, 0.2) is 0 Å². The molecule has 2 heteroatoms. The molecule has 0 spiro atoms. The molecule has 0 unspecified atom stereocenters. The fourth-order valence-electron chi connectivity index (χ4n) is 1.50. The number of hydrazine groups is 1. The van der Waals surface area contributed by atoms with Crippen molar-refractivity contribution in [3.05, 3.63) is 23.9 Å². The van der Waals surface area contributed by atoms with Gasteiger partial charge in [0.25, 0.3) is 0 Å². The van der Waals surface area contributed by atoms with Crippen LogP contribution in [0.5, 0.6) is 0 Å². The van der Waals surface area contributed by atoms with E-state index < -0.39 is 0 Å². The predicted molar refractivity (Wildman–Crippen MR) is 66.0 cm³/mol. The van der Waals surface area contributed by atoms with E-state index in [1.165, 1.54) is 18.4 Å². The van der Waals surface area contributed by atoms with Crippen molar-refractivity contribution in [1.29, 1.82) is 0 Å². The highest BCUT2D eigenvalue weighted by molar-refractivity contribution is 5.23. The minimum atomic E-state index is 0.160. The SMILES string of the molecule is C/C=C\C(=C/N(N)CC1CC1)C(C)(C)C. The Labute approximate surface area is 93.8 Å². The van der Waals surface area contributed by atoms with E-state index in [4.69, 9.17) is 5.84 Å². The van der Waals surface area contributed by atoms with Gasteiger partial charge in [-0.25, -0.2) is 5.84 Å². The molecule has 0 aromatic rings. The molecular formula is C13H24N2. The molecule has 2 N–H and O–H groups in total. The fraction of sp³-hybridized carbons (Fsp3) is 0.692. The summed E-state index contributed by atoms with van der Waals surface area (Å²) >= 11 is 0. The number of rotatable bonds is 4. The molecule has 1 saturated carbocycles. The molecule has 2 nitrogen and oxygen atoms in total. The number of nitrogens with two attached hydrogens (primary N) is 1. The van der Waals surface area contributed by atoms with Gasteiger partial charge >= 0.3 is 0 Å². The predicted octanol–water partition coefficient (Wildman–Crippen LogP) is 3.08. The summed E-state index contributed by atoms with van der Waals surface area (Å²) < 4.78 is 0. The summed E-state index contributed by atoms with van der Waals surface area (Å²) in [6.45, 7) is 9.68. The van der Waals surface area contributed by atoms with Gasteiger partial charge in [0, 0.05) is 12.7 Å². The zero-order valence-electron chi connectivity index (χ0n) is 10.5. The molecule has 0 aromatic carbocycles. The highest BCUT2D eigenvalue weighted by atomic mass is 15.4. The third kappa shape index (κ3) is 4.52. The number of hydrogen-bond donors (Lipinski definition) is 1. The van der Waals surface area contributed by atoms with E-state index in [-0.39, 0.29) is 5.41 Å². The summed E-state index contributed by atoms with van der Waals surface area (Å²) in [5, 5.41) is 1.85. The van der Waals surface area contributed by atoms with Gasteiger partial charge in [-0.15, -0.1) is 0 Å². The maximum absolute atomic E-state index is 5.97. The summed E-state index contributed by atoms with van der Waals surface area (Å²) in [6, 6.07) is 0.